The number of aromatic nitrogens is 1. The predicted octanol–water partition coefficient (Wildman–Crippen LogP) is 5.18. The van der Waals surface area contributed by atoms with Gasteiger partial charge in [0.2, 0.25) is 0 Å². The maximum absolute atomic E-state index is 13.5. The van der Waals surface area contributed by atoms with Crippen LogP contribution in [0.2, 0.25) is 10.0 Å². The maximum Gasteiger partial charge on any atom is 0.271 e. The quantitative estimate of drug-likeness (QED) is 0.387. The van der Waals surface area contributed by atoms with Gasteiger partial charge in [0.25, 0.3) is 11.6 Å². The number of benzene rings is 2. The smallest absolute Gasteiger partial charge is 0.271 e. The number of amides is 1. The molecule has 1 fully saturated rings. The lowest BCUT2D eigenvalue weighted by Gasteiger charge is -2.36. The Labute approximate surface area is 195 Å². The first-order valence-corrected chi connectivity index (χ1v) is 10.9. The van der Waals surface area contributed by atoms with Crippen molar-refractivity contribution in [3.05, 3.63) is 79.9 Å². The van der Waals surface area contributed by atoms with Gasteiger partial charge in [-0.15, -0.1) is 0 Å². The van der Waals surface area contributed by atoms with Gasteiger partial charge in [-0.25, -0.2) is 0 Å². The lowest BCUT2D eigenvalue weighted by atomic mass is 10.0. The average Bonchev–Trinajstić information content (AvgIpc) is 3.07. The summed E-state index contributed by atoms with van der Waals surface area (Å²) in [5.74, 6) is -0.0348. The van der Waals surface area contributed by atoms with Gasteiger partial charge in [0.1, 0.15) is 0 Å². The van der Waals surface area contributed by atoms with Crippen LogP contribution in [-0.4, -0.2) is 46.5 Å². The fourth-order valence-corrected chi connectivity index (χ4v) is 4.72. The summed E-state index contributed by atoms with van der Waals surface area (Å²) < 4.78 is 1.94. The van der Waals surface area contributed by atoms with E-state index in [0.717, 1.165) is 22.5 Å². The van der Waals surface area contributed by atoms with Crippen molar-refractivity contribution in [3.63, 3.8) is 0 Å². The van der Waals surface area contributed by atoms with E-state index in [1.54, 1.807) is 6.07 Å². The minimum absolute atomic E-state index is 0.0348. The number of nitro groups is 1. The fraction of sp³-hybridized carbons (Fsp3) is 0.261. The van der Waals surface area contributed by atoms with Crippen molar-refractivity contribution in [2.75, 3.05) is 31.1 Å². The number of nitrogens with zero attached hydrogens (tertiary/aromatic N) is 4. The number of carbonyl (C=O) groups is 1. The van der Waals surface area contributed by atoms with Crippen molar-refractivity contribution in [2.45, 2.75) is 6.92 Å². The lowest BCUT2D eigenvalue weighted by molar-refractivity contribution is -0.384. The average molecular weight is 473 g/mol. The van der Waals surface area contributed by atoms with Crippen molar-refractivity contribution in [1.82, 2.24) is 9.47 Å². The third-order valence-corrected chi connectivity index (χ3v) is 6.40. The maximum atomic E-state index is 13.5. The van der Waals surface area contributed by atoms with Crippen molar-refractivity contribution < 1.29 is 9.72 Å². The molecule has 0 unspecified atom stereocenters. The van der Waals surface area contributed by atoms with Crippen molar-refractivity contribution in [1.29, 1.82) is 0 Å². The highest BCUT2D eigenvalue weighted by molar-refractivity contribution is 6.34. The monoisotopic (exact) mass is 472 g/mol. The second-order valence-corrected chi connectivity index (χ2v) is 8.61. The van der Waals surface area contributed by atoms with Crippen LogP contribution >= 0.6 is 23.2 Å². The Morgan fingerprint density at radius 1 is 1.03 bits per heavy atom. The summed E-state index contributed by atoms with van der Waals surface area (Å²) in [5, 5.41) is 11.9. The number of carbonyl (C=O) groups excluding carboxylic acids is 1. The first-order valence-electron chi connectivity index (χ1n) is 10.2. The molecule has 0 aliphatic carbocycles. The molecule has 2 heterocycles. The van der Waals surface area contributed by atoms with Crippen LogP contribution in [0.5, 0.6) is 0 Å². The van der Waals surface area contributed by atoms with Crippen molar-refractivity contribution >= 4 is 40.5 Å². The predicted molar refractivity (Wildman–Crippen MR) is 127 cm³/mol. The zero-order chi connectivity index (χ0) is 23.0. The zero-order valence-corrected chi connectivity index (χ0v) is 19.2. The Hall–Kier alpha value is -3.03. The fourth-order valence-electron chi connectivity index (χ4n) is 4.20. The molecule has 1 amide bonds. The van der Waals surface area contributed by atoms with E-state index in [1.807, 2.05) is 58.8 Å². The van der Waals surface area contributed by atoms with E-state index in [4.69, 9.17) is 23.2 Å². The summed E-state index contributed by atoms with van der Waals surface area (Å²) in [6.07, 6.45) is 1.94. The number of rotatable bonds is 4. The zero-order valence-electron chi connectivity index (χ0n) is 17.7. The van der Waals surface area contributed by atoms with Gasteiger partial charge in [-0.2, -0.15) is 0 Å². The highest BCUT2D eigenvalue weighted by Gasteiger charge is 2.28. The molecule has 0 bridgehead atoms. The summed E-state index contributed by atoms with van der Waals surface area (Å²) in [6.45, 7) is 4.12. The summed E-state index contributed by atoms with van der Waals surface area (Å²) in [6, 6.07) is 12.0. The molecule has 1 aliphatic rings. The summed E-state index contributed by atoms with van der Waals surface area (Å²) in [4.78, 5) is 27.9. The van der Waals surface area contributed by atoms with E-state index in [-0.39, 0.29) is 11.6 Å². The molecule has 0 saturated carbocycles. The van der Waals surface area contributed by atoms with Gasteiger partial charge in [-0.3, -0.25) is 14.9 Å². The van der Waals surface area contributed by atoms with Crippen LogP contribution in [0, 0.1) is 17.0 Å². The first-order chi connectivity index (χ1) is 15.3. The molecule has 1 aliphatic heterocycles. The normalized spacial score (nSPS) is 14.0. The Morgan fingerprint density at radius 3 is 2.34 bits per heavy atom. The molecular formula is C23H22Cl2N4O3. The Kier molecular flexibility index (Phi) is 6.13. The van der Waals surface area contributed by atoms with E-state index >= 15 is 0 Å². The molecule has 7 nitrogen and oxygen atoms in total. The molecule has 4 rings (SSSR count). The molecule has 0 N–H and O–H groups in total. The van der Waals surface area contributed by atoms with Gasteiger partial charge in [-0.1, -0.05) is 41.4 Å². The van der Waals surface area contributed by atoms with Crippen molar-refractivity contribution in [2.24, 2.45) is 7.05 Å². The van der Waals surface area contributed by atoms with Crippen LogP contribution in [0.3, 0.4) is 0 Å². The molecule has 2 aromatic carbocycles. The standard InChI is InChI=1S/C23H22Cl2N4O3/c1-15-14-26(2)22(17-5-3-4-6-18(17)24)21(15)23(30)28-11-9-27(10-12-28)20-8-7-16(29(31)32)13-19(20)25/h3-8,13-14H,9-12H2,1-2H3. The van der Waals surface area contributed by atoms with Crippen LogP contribution in [0.25, 0.3) is 11.3 Å². The molecule has 0 atom stereocenters. The van der Waals surface area contributed by atoms with Crippen LogP contribution in [0.1, 0.15) is 15.9 Å². The SMILES string of the molecule is Cc1cn(C)c(-c2ccccc2Cl)c1C(=O)N1CCN(c2ccc([N+](=O)[O-])cc2Cl)CC1. The van der Waals surface area contributed by atoms with Gasteiger partial charge < -0.3 is 14.4 Å². The van der Waals surface area contributed by atoms with E-state index in [9.17, 15) is 14.9 Å². The Balaban J connectivity index is 1.55. The highest BCUT2D eigenvalue weighted by atomic mass is 35.5. The topological polar surface area (TPSA) is 71.6 Å². The summed E-state index contributed by atoms with van der Waals surface area (Å²) in [7, 11) is 1.91. The molecular weight excluding hydrogens is 451 g/mol. The molecule has 9 heteroatoms. The molecule has 0 radical (unpaired) electrons. The molecule has 166 valence electrons. The first kappa shape index (κ1) is 22.2. The molecule has 1 saturated heterocycles. The van der Waals surface area contributed by atoms with E-state index in [0.29, 0.717) is 41.8 Å². The number of aryl methyl sites for hydroxylation is 2. The Morgan fingerprint density at radius 2 is 1.72 bits per heavy atom. The summed E-state index contributed by atoms with van der Waals surface area (Å²) in [5.41, 5.74) is 3.87. The number of hydrogen-bond acceptors (Lipinski definition) is 4. The second kappa shape index (κ2) is 8.84. The van der Waals surface area contributed by atoms with Gasteiger partial charge in [-0.05, 0) is 24.6 Å². The van der Waals surface area contributed by atoms with Gasteiger partial charge in [0.05, 0.1) is 26.9 Å². The Bertz CT molecular complexity index is 1200. The number of hydrogen-bond donors (Lipinski definition) is 0. The molecule has 0 spiro atoms. The molecule has 1 aromatic heterocycles. The van der Waals surface area contributed by atoms with Crippen LogP contribution in [-0.2, 0) is 7.05 Å². The molecule has 32 heavy (non-hydrogen) atoms. The minimum Gasteiger partial charge on any atom is -0.367 e. The number of anilines is 1. The van der Waals surface area contributed by atoms with Crippen LogP contribution in [0.4, 0.5) is 11.4 Å². The third-order valence-electron chi connectivity index (χ3n) is 5.76. The van der Waals surface area contributed by atoms with Gasteiger partial charge in [0, 0.05) is 62.1 Å². The lowest BCUT2D eigenvalue weighted by Crippen LogP contribution is -2.49. The van der Waals surface area contributed by atoms with E-state index in [2.05, 4.69) is 0 Å². The number of nitro benzene ring substituents is 1. The minimum atomic E-state index is -0.467. The second-order valence-electron chi connectivity index (χ2n) is 7.80. The molecule has 3 aromatic rings. The van der Waals surface area contributed by atoms with E-state index in [1.165, 1.54) is 12.1 Å². The van der Waals surface area contributed by atoms with Crippen molar-refractivity contribution in [3.8, 4) is 11.3 Å². The summed E-state index contributed by atoms with van der Waals surface area (Å²) >= 11 is 12.7. The van der Waals surface area contributed by atoms with Crippen LogP contribution < -0.4 is 4.90 Å². The largest absolute Gasteiger partial charge is 0.367 e. The number of halogens is 2. The third kappa shape index (κ3) is 4.06. The number of non-ortho nitro benzene ring substituents is 1. The van der Waals surface area contributed by atoms with Gasteiger partial charge in [0.15, 0.2) is 0 Å². The highest BCUT2D eigenvalue weighted by Crippen LogP contribution is 2.34. The van der Waals surface area contributed by atoms with E-state index < -0.39 is 4.92 Å². The van der Waals surface area contributed by atoms with Gasteiger partial charge >= 0.3 is 0 Å². The van der Waals surface area contributed by atoms with Crippen LogP contribution in [0.15, 0.2) is 48.7 Å². The number of piperazine rings is 1.